The van der Waals surface area contributed by atoms with Gasteiger partial charge in [0, 0.05) is 18.3 Å². The third kappa shape index (κ3) is 3.83. The molecule has 0 saturated heterocycles. The van der Waals surface area contributed by atoms with Gasteiger partial charge < -0.3 is 10.1 Å². The molecule has 0 aliphatic rings. The lowest BCUT2D eigenvalue weighted by atomic mass is 10.1. The number of carbonyl (C=O) groups excluding carboxylic acids is 1. The Kier molecular flexibility index (Phi) is 4.96. The molecule has 0 aliphatic heterocycles. The third-order valence-electron chi connectivity index (χ3n) is 3.56. The van der Waals surface area contributed by atoms with Crippen molar-refractivity contribution in [2.24, 2.45) is 0 Å². The average Bonchev–Trinajstić information content (AvgIpc) is 3.06. The van der Waals surface area contributed by atoms with Crippen molar-refractivity contribution >= 4 is 21.8 Å². The molecule has 2 aromatic carbocycles. The Hall–Kier alpha value is -2.60. The number of rotatable bonds is 5. The number of hydrogen-bond acceptors (Lipinski definition) is 3. The first kappa shape index (κ1) is 16.3. The van der Waals surface area contributed by atoms with Crippen molar-refractivity contribution in [2.75, 3.05) is 7.11 Å². The largest absolute Gasteiger partial charge is 0.497 e. The van der Waals surface area contributed by atoms with Crippen molar-refractivity contribution in [1.82, 2.24) is 15.1 Å². The van der Waals surface area contributed by atoms with E-state index < -0.39 is 0 Å². The molecular formula is C18H16BrN3O2. The fourth-order valence-electron chi connectivity index (χ4n) is 2.24. The summed E-state index contributed by atoms with van der Waals surface area (Å²) in [5, 5.41) is 7.12. The summed E-state index contributed by atoms with van der Waals surface area (Å²) in [4.78, 5) is 12.2. The van der Waals surface area contributed by atoms with Gasteiger partial charge in [0.25, 0.3) is 5.91 Å². The van der Waals surface area contributed by atoms with E-state index in [1.807, 2.05) is 42.6 Å². The smallest absolute Gasteiger partial charge is 0.251 e. The number of amides is 1. The first-order chi connectivity index (χ1) is 11.7. The summed E-state index contributed by atoms with van der Waals surface area (Å²) in [6.07, 6.45) is 3.58. The highest BCUT2D eigenvalue weighted by Gasteiger charge is 2.06. The highest BCUT2D eigenvalue weighted by Crippen LogP contribution is 2.14. The van der Waals surface area contributed by atoms with E-state index >= 15 is 0 Å². The van der Waals surface area contributed by atoms with Crippen molar-refractivity contribution in [1.29, 1.82) is 0 Å². The van der Waals surface area contributed by atoms with Gasteiger partial charge in [-0.1, -0.05) is 12.1 Å². The lowest BCUT2D eigenvalue weighted by Gasteiger charge is -2.07. The fraction of sp³-hybridized carbons (Fsp3) is 0.111. The highest BCUT2D eigenvalue weighted by atomic mass is 79.9. The first-order valence-electron chi connectivity index (χ1n) is 7.37. The quantitative estimate of drug-likeness (QED) is 0.730. The van der Waals surface area contributed by atoms with Crippen LogP contribution in [-0.2, 0) is 6.54 Å². The molecule has 1 heterocycles. The van der Waals surface area contributed by atoms with Crippen LogP contribution in [0.4, 0.5) is 0 Å². The van der Waals surface area contributed by atoms with Crippen molar-refractivity contribution in [3.05, 3.63) is 76.5 Å². The van der Waals surface area contributed by atoms with Crippen molar-refractivity contribution in [2.45, 2.75) is 6.54 Å². The first-order valence-corrected chi connectivity index (χ1v) is 8.17. The summed E-state index contributed by atoms with van der Waals surface area (Å²) >= 11 is 3.36. The summed E-state index contributed by atoms with van der Waals surface area (Å²) in [7, 11) is 1.63. The van der Waals surface area contributed by atoms with Crippen LogP contribution in [0.25, 0.3) is 5.69 Å². The normalized spacial score (nSPS) is 10.4. The molecule has 0 atom stereocenters. The van der Waals surface area contributed by atoms with Crippen LogP contribution in [0.1, 0.15) is 15.9 Å². The minimum Gasteiger partial charge on any atom is -0.497 e. The van der Waals surface area contributed by atoms with E-state index in [2.05, 4.69) is 26.3 Å². The SMILES string of the molecule is COc1ccc(CNC(=O)c2ccc(-n3cc(Br)cn3)cc2)cc1. The standard InChI is InChI=1S/C18H16BrN3O2/c1-24-17-8-2-13(3-9-17)10-20-18(23)14-4-6-16(7-5-14)22-12-15(19)11-21-22/h2-9,11-12H,10H2,1H3,(H,20,23). The topological polar surface area (TPSA) is 56.1 Å². The van der Waals surface area contributed by atoms with Crippen LogP contribution in [0.15, 0.2) is 65.4 Å². The van der Waals surface area contributed by atoms with Crippen molar-refractivity contribution in [3.8, 4) is 11.4 Å². The van der Waals surface area contributed by atoms with Crippen LogP contribution in [0.3, 0.4) is 0 Å². The molecule has 122 valence electrons. The molecule has 0 bridgehead atoms. The number of benzene rings is 2. The zero-order valence-electron chi connectivity index (χ0n) is 13.1. The summed E-state index contributed by atoms with van der Waals surface area (Å²) in [5.74, 6) is 0.685. The van der Waals surface area contributed by atoms with Gasteiger partial charge >= 0.3 is 0 Å². The molecule has 0 radical (unpaired) electrons. The van der Waals surface area contributed by atoms with E-state index in [1.165, 1.54) is 0 Å². The zero-order chi connectivity index (χ0) is 16.9. The molecule has 1 amide bonds. The van der Waals surface area contributed by atoms with Gasteiger partial charge in [0.05, 0.1) is 23.5 Å². The van der Waals surface area contributed by atoms with Gasteiger partial charge in [-0.2, -0.15) is 5.10 Å². The molecule has 1 N–H and O–H groups in total. The molecule has 0 spiro atoms. The maximum atomic E-state index is 12.2. The maximum Gasteiger partial charge on any atom is 0.251 e. The van der Waals surface area contributed by atoms with Crippen LogP contribution in [0.2, 0.25) is 0 Å². The summed E-state index contributed by atoms with van der Waals surface area (Å²) < 4.78 is 7.76. The second-order valence-corrected chi connectivity index (χ2v) is 6.10. The monoisotopic (exact) mass is 385 g/mol. The van der Waals surface area contributed by atoms with Crippen LogP contribution in [0.5, 0.6) is 5.75 Å². The Labute approximate surface area is 148 Å². The van der Waals surface area contributed by atoms with Gasteiger partial charge in [-0.05, 0) is 57.9 Å². The molecule has 0 unspecified atom stereocenters. The average molecular weight is 386 g/mol. The Morgan fingerprint density at radius 2 is 1.88 bits per heavy atom. The predicted octanol–water partition coefficient (Wildman–Crippen LogP) is 3.57. The van der Waals surface area contributed by atoms with Gasteiger partial charge in [-0.25, -0.2) is 4.68 Å². The summed E-state index contributed by atoms with van der Waals surface area (Å²) in [6, 6.07) is 14.9. The number of methoxy groups -OCH3 is 1. The second-order valence-electron chi connectivity index (χ2n) is 5.18. The molecular weight excluding hydrogens is 370 g/mol. The van der Waals surface area contributed by atoms with Crippen LogP contribution in [0, 0.1) is 0 Å². The van der Waals surface area contributed by atoms with E-state index in [1.54, 1.807) is 30.1 Å². The van der Waals surface area contributed by atoms with E-state index in [0.717, 1.165) is 21.5 Å². The minimum atomic E-state index is -0.112. The van der Waals surface area contributed by atoms with E-state index in [4.69, 9.17) is 4.74 Å². The van der Waals surface area contributed by atoms with Gasteiger partial charge in [0.15, 0.2) is 0 Å². The molecule has 6 heteroatoms. The molecule has 3 rings (SSSR count). The van der Waals surface area contributed by atoms with E-state index in [9.17, 15) is 4.79 Å². The predicted molar refractivity (Wildman–Crippen MR) is 95.4 cm³/mol. The Morgan fingerprint density at radius 3 is 2.46 bits per heavy atom. The van der Waals surface area contributed by atoms with Crippen LogP contribution >= 0.6 is 15.9 Å². The van der Waals surface area contributed by atoms with Gasteiger partial charge in [-0.15, -0.1) is 0 Å². The zero-order valence-corrected chi connectivity index (χ0v) is 14.7. The number of aromatic nitrogens is 2. The number of hydrogen-bond donors (Lipinski definition) is 1. The number of ether oxygens (including phenoxy) is 1. The number of nitrogens with zero attached hydrogens (tertiary/aromatic N) is 2. The Morgan fingerprint density at radius 1 is 1.17 bits per heavy atom. The Balaban J connectivity index is 1.62. The van der Waals surface area contributed by atoms with Gasteiger partial charge in [0.2, 0.25) is 0 Å². The maximum absolute atomic E-state index is 12.2. The number of nitrogens with one attached hydrogen (secondary N) is 1. The van der Waals surface area contributed by atoms with Gasteiger partial charge in [-0.3, -0.25) is 4.79 Å². The third-order valence-corrected chi connectivity index (χ3v) is 3.97. The number of halogens is 1. The number of carbonyl (C=O) groups is 1. The molecule has 0 aliphatic carbocycles. The van der Waals surface area contributed by atoms with Gasteiger partial charge in [0.1, 0.15) is 5.75 Å². The fourth-order valence-corrected chi connectivity index (χ4v) is 2.52. The molecule has 24 heavy (non-hydrogen) atoms. The molecule has 1 aromatic heterocycles. The lowest BCUT2D eigenvalue weighted by Crippen LogP contribution is -2.22. The van der Waals surface area contributed by atoms with Crippen molar-refractivity contribution < 1.29 is 9.53 Å². The minimum absolute atomic E-state index is 0.112. The van der Waals surface area contributed by atoms with E-state index in [0.29, 0.717) is 12.1 Å². The molecule has 3 aromatic rings. The summed E-state index contributed by atoms with van der Waals surface area (Å²) in [5.41, 5.74) is 2.52. The molecule has 0 saturated carbocycles. The highest BCUT2D eigenvalue weighted by molar-refractivity contribution is 9.10. The van der Waals surface area contributed by atoms with Crippen molar-refractivity contribution in [3.63, 3.8) is 0 Å². The molecule has 5 nitrogen and oxygen atoms in total. The lowest BCUT2D eigenvalue weighted by molar-refractivity contribution is 0.0951. The molecule has 0 fully saturated rings. The second kappa shape index (κ2) is 7.31. The van der Waals surface area contributed by atoms with Crippen LogP contribution in [-0.4, -0.2) is 22.8 Å². The Bertz CT molecular complexity index is 826. The summed E-state index contributed by atoms with van der Waals surface area (Å²) in [6.45, 7) is 0.469. The van der Waals surface area contributed by atoms with Crippen LogP contribution < -0.4 is 10.1 Å². The van der Waals surface area contributed by atoms with E-state index in [-0.39, 0.29) is 5.91 Å².